The Bertz CT molecular complexity index is 313. The van der Waals surface area contributed by atoms with E-state index in [1.807, 2.05) is 13.8 Å². The third-order valence-corrected chi connectivity index (χ3v) is 3.50. The number of halogens is 1. The zero-order valence-electron chi connectivity index (χ0n) is 8.18. The molecular formula is C10H15ClN2. The van der Waals surface area contributed by atoms with Crippen LogP contribution in [-0.2, 0) is 6.54 Å². The Kier molecular flexibility index (Phi) is 2.33. The van der Waals surface area contributed by atoms with E-state index in [0.29, 0.717) is 0 Å². The van der Waals surface area contributed by atoms with Crippen LogP contribution in [0.25, 0.3) is 0 Å². The summed E-state index contributed by atoms with van der Waals surface area (Å²) in [5.41, 5.74) is 2.07. The molecule has 72 valence electrons. The van der Waals surface area contributed by atoms with Crippen molar-refractivity contribution in [3.05, 3.63) is 16.4 Å². The predicted molar refractivity (Wildman–Crippen MR) is 54.1 cm³/mol. The summed E-state index contributed by atoms with van der Waals surface area (Å²) < 4.78 is 2.06. The van der Waals surface area contributed by atoms with Crippen LogP contribution in [0, 0.1) is 19.8 Å². The number of nitrogens with zero attached hydrogens (tertiary/aromatic N) is 2. The van der Waals surface area contributed by atoms with E-state index in [4.69, 9.17) is 11.6 Å². The second-order valence-electron chi connectivity index (χ2n) is 3.96. The average Bonchev–Trinajstić information content (AvgIpc) is 2.26. The smallest absolute Gasteiger partial charge is 0.0844 e. The number of hydrogen-bond donors (Lipinski definition) is 0. The molecule has 1 saturated carbocycles. The van der Waals surface area contributed by atoms with Gasteiger partial charge in [-0.15, -0.1) is 0 Å². The van der Waals surface area contributed by atoms with Crippen LogP contribution in [0.15, 0.2) is 0 Å². The van der Waals surface area contributed by atoms with Gasteiger partial charge in [-0.3, -0.25) is 4.68 Å². The lowest BCUT2D eigenvalue weighted by molar-refractivity contribution is 0.264. The average molecular weight is 199 g/mol. The molecule has 0 unspecified atom stereocenters. The summed E-state index contributed by atoms with van der Waals surface area (Å²) in [6.45, 7) is 5.06. The van der Waals surface area contributed by atoms with Gasteiger partial charge in [0.15, 0.2) is 0 Å². The van der Waals surface area contributed by atoms with Crippen LogP contribution in [0.3, 0.4) is 0 Å². The molecule has 2 rings (SSSR count). The Labute approximate surface area is 83.9 Å². The first-order chi connectivity index (χ1) is 6.18. The summed E-state index contributed by atoms with van der Waals surface area (Å²) in [6.07, 6.45) is 4.10. The van der Waals surface area contributed by atoms with Crippen LogP contribution in [0.4, 0.5) is 0 Å². The summed E-state index contributed by atoms with van der Waals surface area (Å²) in [5, 5.41) is 5.25. The van der Waals surface area contributed by atoms with Crippen molar-refractivity contribution in [2.75, 3.05) is 0 Å². The molecule has 1 aliphatic rings. The molecule has 0 spiro atoms. The van der Waals surface area contributed by atoms with Gasteiger partial charge in [0.1, 0.15) is 0 Å². The first-order valence-corrected chi connectivity index (χ1v) is 5.26. The van der Waals surface area contributed by atoms with Crippen molar-refractivity contribution in [2.45, 2.75) is 39.7 Å². The maximum Gasteiger partial charge on any atom is 0.0844 e. The van der Waals surface area contributed by atoms with Gasteiger partial charge in [-0.1, -0.05) is 18.0 Å². The molecule has 0 aliphatic heterocycles. The Morgan fingerprint density at radius 1 is 1.46 bits per heavy atom. The van der Waals surface area contributed by atoms with Gasteiger partial charge in [0.05, 0.1) is 16.4 Å². The molecule has 1 aromatic heterocycles. The van der Waals surface area contributed by atoms with Crippen molar-refractivity contribution in [1.29, 1.82) is 0 Å². The van der Waals surface area contributed by atoms with Crippen molar-refractivity contribution in [2.24, 2.45) is 5.92 Å². The molecule has 0 amide bonds. The van der Waals surface area contributed by atoms with E-state index >= 15 is 0 Å². The fourth-order valence-electron chi connectivity index (χ4n) is 1.77. The molecule has 0 bridgehead atoms. The molecule has 2 nitrogen and oxygen atoms in total. The van der Waals surface area contributed by atoms with E-state index in [-0.39, 0.29) is 0 Å². The highest BCUT2D eigenvalue weighted by atomic mass is 35.5. The van der Waals surface area contributed by atoms with E-state index in [1.165, 1.54) is 19.3 Å². The van der Waals surface area contributed by atoms with Gasteiger partial charge >= 0.3 is 0 Å². The fourth-order valence-corrected chi connectivity index (χ4v) is 1.91. The van der Waals surface area contributed by atoms with Gasteiger partial charge in [0.25, 0.3) is 0 Å². The van der Waals surface area contributed by atoms with Crippen LogP contribution in [0.1, 0.15) is 30.7 Å². The van der Waals surface area contributed by atoms with Crippen molar-refractivity contribution in [1.82, 2.24) is 9.78 Å². The van der Waals surface area contributed by atoms with Crippen LogP contribution < -0.4 is 0 Å². The third-order valence-electron chi connectivity index (χ3n) is 2.95. The maximum absolute atomic E-state index is 6.06. The number of rotatable bonds is 2. The quantitative estimate of drug-likeness (QED) is 0.715. The minimum absolute atomic E-state index is 0.833. The molecule has 13 heavy (non-hydrogen) atoms. The lowest BCUT2D eigenvalue weighted by Gasteiger charge is -2.25. The molecule has 1 heterocycles. The van der Waals surface area contributed by atoms with Crippen molar-refractivity contribution in [3.63, 3.8) is 0 Å². The molecular weight excluding hydrogens is 184 g/mol. The summed E-state index contributed by atoms with van der Waals surface area (Å²) in [6, 6.07) is 0. The Morgan fingerprint density at radius 3 is 2.54 bits per heavy atom. The van der Waals surface area contributed by atoms with Crippen molar-refractivity contribution >= 4 is 11.6 Å². The predicted octanol–water partition coefficient (Wildman–Crippen LogP) is 2.95. The molecule has 1 fully saturated rings. The minimum atomic E-state index is 0.833. The molecule has 0 aromatic carbocycles. The van der Waals surface area contributed by atoms with Gasteiger partial charge < -0.3 is 0 Å². The molecule has 0 N–H and O–H groups in total. The van der Waals surface area contributed by atoms with Crippen LogP contribution in [0.5, 0.6) is 0 Å². The SMILES string of the molecule is Cc1nn(CC2CCC2)c(C)c1Cl. The molecule has 0 radical (unpaired) electrons. The van der Waals surface area contributed by atoms with Crippen LogP contribution in [-0.4, -0.2) is 9.78 Å². The highest BCUT2D eigenvalue weighted by Crippen LogP contribution is 2.29. The lowest BCUT2D eigenvalue weighted by atomic mass is 9.85. The van der Waals surface area contributed by atoms with E-state index in [1.54, 1.807) is 0 Å². The van der Waals surface area contributed by atoms with Crippen molar-refractivity contribution < 1.29 is 0 Å². The van der Waals surface area contributed by atoms with E-state index in [2.05, 4.69) is 9.78 Å². The second kappa shape index (κ2) is 3.33. The monoisotopic (exact) mass is 198 g/mol. The van der Waals surface area contributed by atoms with Gasteiger partial charge in [0, 0.05) is 6.54 Å². The van der Waals surface area contributed by atoms with E-state index < -0.39 is 0 Å². The fraction of sp³-hybridized carbons (Fsp3) is 0.700. The largest absolute Gasteiger partial charge is 0.268 e. The van der Waals surface area contributed by atoms with Gasteiger partial charge in [0.2, 0.25) is 0 Å². The summed E-state index contributed by atoms with van der Waals surface area (Å²) >= 11 is 6.06. The summed E-state index contributed by atoms with van der Waals surface area (Å²) in [5.74, 6) is 0.842. The minimum Gasteiger partial charge on any atom is -0.268 e. The molecule has 1 aromatic rings. The van der Waals surface area contributed by atoms with Crippen LogP contribution >= 0.6 is 11.6 Å². The number of hydrogen-bond acceptors (Lipinski definition) is 1. The molecule has 0 saturated heterocycles. The normalized spacial score (nSPS) is 17.5. The van der Waals surface area contributed by atoms with Gasteiger partial charge in [-0.2, -0.15) is 5.10 Å². The standard InChI is InChI=1S/C10H15ClN2/c1-7-10(11)8(2)13(12-7)6-9-4-3-5-9/h9H,3-6H2,1-2H3. The Hall–Kier alpha value is -0.500. The Morgan fingerprint density at radius 2 is 2.15 bits per heavy atom. The first kappa shape index (κ1) is 9.07. The zero-order valence-corrected chi connectivity index (χ0v) is 8.93. The molecule has 0 atom stereocenters. The molecule has 3 heteroatoms. The summed E-state index contributed by atoms with van der Waals surface area (Å²) in [4.78, 5) is 0. The van der Waals surface area contributed by atoms with Gasteiger partial charge in [-0.05, 0) is 32.6 Å². The maximum atomic E-state index is 6.06. The highest BCUT2D eigenvalue weighted by molar-refractivity contribution is 6.31. The highest BCUT2D eigenvalue weighted by Gasteiger charge is 2.20. The topological polar surface area (TPSA) is 17.8 Å². The molecule has 1 aliphatic carbocycles. The van der Waals surface area contributed by atoms with E-state index in [0.717, 1.165) is 28.9 Å². The number of aromatic nitrogens is 2. The Balaban J connectivity index is 2.14. The second-order valence-corrected chi connectivity index (χ2v) is 4.34. The third kappa shape index (κ3) is 1.60. The number of aryl methyl sites for hydroxylation is 1. The van der Waals surface area contributed by atoms with E-state index in [9.17, 15) is 0 Å². The first-order valence-electron chi connectivity index (χ1n) is 4.88. The summed E-state index contributed by atoms with van der Waals surface area (Å²) in [7, 11) is 0. The zero-order chi connectivity index (χ0) is 9.42. The van der Waals surface area contributed by atoms with Crippen LogP contribution in [0.2, 0.25) is 5.02 Å². The van der Waals surface area contributed by atoms with Crippen molar-refractivity contribution in [3.8, 4) is 0 Å². The van der Waals surface area contributed by atoms with Gasteiger partial charge in [-0.25, -0.2) is 0 Å². The lowest BCUT2D eigenvalue weighted by Crippen LogP contribution is -2.19.